The number of nitrogens with zero attached hydrogens (tertiary/aromatic N) is 4. The maximum absolute atomic E-state index is 13.3. The van der Waals surface area contributed by atoms with E-state index in [9.17, 15) is 14.5 Å². The molecule has 0 N–H and O–H groups in total. The summed E-state index contributed by atoms with van der Waals surface area (Å²) < 4.78 is 21.5. The summed E-state index contributed by atoms with van der Waals surface area (Å²) in [6.07, 6.45) is 0. The van der Waals surface area contributed by atoms with Crippen molar-refractivity contribution in [2.24, 2.45) is 0 Å². The zero-order chi connectivity index (χ0) is 21.0. The summed E-state index contributed by atoms with van der Waals surface area (Å²) in [4.78, 5) is 11.0. The predicted molar refractivity (Wildman–Crippen MR) is 112 cm³/mol. The summed E-state index contributed by atoms with van der Waals surface area (Å²) in [6, 6.07) is 11.3. The van der Waals surface area contributed by atoms with Gasteiger partial charge < -0.3 is 4.74 Å². The van der Waals surface area contributed by atoms with E-state index in [1.54, 1.807) is 29.7 Å². The molecule has 1 aromatic heterocycles. The quantitative estimate of drug-likeness (QED) is 0.256. The van der Waals surface area contributed by atoms with Crippen molar-refractivity contribution in [2.75, 3.05) is 13.2 Å². The molecule has 3 aromatic rings. The number of halogens is 2. The van der Waals surface area contributed by atoms with E-state index in [1.165, 1.54) is 23.9 Å². The van der Waals surface area contributed by atoms with Crippen LogP contribution in [0.25, 0.3) is 5.69 Å². The largest absolute Gasteiger partial charge is 0.494 e. The average molecular weight is 481 g/mol. The van der Waals surface area contributed by atoms with Crippen molar-refractivity contribution >= 4 is 27.7 Å². The highest BCUT2D eigenvalue weighted by Crippen LogP contribution is 2.41. The Kier molecular flexibility index (Phi) is 6.86. The summed E-state index contributed by atoms with van der Waals surface area (Å²) in [6.45, 7) is 3.75. The molecule has 1 heterocycles. The lowest BCUT2D eigenvalue weighted by atomic mass is 10.1. The van der Waals surface area contributed by atoms with Gasteiger partial charge in [-0.25, -0.2) is 4.39 Å². The lowest BCUT2D eigenvalue weighted by Gasteiger charge is -2.18. The summed E-state index contributed by atoms with van der Waals surface area (Å²) in [7, 11) is 0. The van der Waals surface area contributed by atoms with Crippen LogP contribution in [0.3, 0.4) is 0 Å². The van der Waals surface area contributed by atoms with Crippen LogP contribution in [0.5, 0.6) is 5.75 Å². The fourth-order valence-electron chi connectivity index (χ4n) is 2.83. The summed E-state index contributed by atoms with van der Waals surface area (Å²) in [5.74, 6) is 0.827. The molecule has 0 bridgehead atoms. The molecule has 0 spiro atoms. The van der Waals surface area contributed by atoms with E-state index >= 15 is 0 Å². The first-order valence-electron chi connectivity index (χ1n) is 8.77. The Bertz CT molecular complexity index is 1010. The Hall–Kier alpha value is -2.46. The standard InChI is InChI=1S/C19H18BrFN4O3S/c1-3-28-17-9-4-13(20)10-16(17)18(11-24(26)27)29-19-23-22-12(2)25(19)15-7-5-14(21)6-8-15/h4-10,18H,3,11H2,1-2H3/t18-/m0/s1. The van der Waals surface area contributed by atoms with Gasteiger partial charge in [0.25, 0.3) is 0 Å². The Morgan fingerprint density at radius 1 is 1.28 bits per heavy atom. The van der Waals surface area contributed by atoms with Gasteiger partial charge in [0.2, 0.25) is 6.54 Å². The highest BCUT2D eigenvalue weighted by Gasteiger charge is 2.26. The summed E-state index contributed by atoms with van der Waals surface area (Å²) >= 11 is 4.64. The molecule has 0 aliphatic heterocycles. The molecule has 0 radical (unpaired) electrons. The normalized spacial score (nSPS) is 12.0. The van der Waals surface area contributed by atoms with E-state index in [4.69, 9.17) is 4.74 Å². The molecule has 152 valence electrons. The second-order valence-corrected chi connectivity index (χ2v) is 8.16. The monoisotopic (exact) mass is 480 g/mol. The van der Waals surface area contributed by atoms with Crippen molar-refractivity contribution in [3.05, 3.63) is 74.3 Å². The van der Waals surface area contributed by atoms with Gasteiger partial charge in [-0.1, -0.05) is 27.7 Å². The van der Waals surface area contributed by atoms with Crippen LogP contribution < -0.4 is 4.74 Å². The molecule has 0 fully saturated rings. The zero-order valence-electron chi connectivity index (χ0n) is 15.7. The molecule has 0 aliphatic rings. The molecule has 0 saturated carbocycles. The Morgan fingerprint density at radius 3 is 2.66 bits per heavy atom. The second-order valence-electron chi connectivity index (χ2n) is 6.08. The summed E-state index contributed by atoms with van der Waals surface area (Å²) in [5, 5.41) is 19.6. The smallest absolute Gasteiger partial charge is 0.220 e. The number of ether oxygens (including phenoxy) is 1. The number of thioether (sulfide) groups is 1. The Balaban J connectivity index is 2.02. The van der Waals surface area contributed by atoms with E-state index in [-0.39, 0.29) is 17.3 Å². The fourth-order valence-corrected chi connectivity index (χ4v) is 4.40. The molecule has 7 nitrogen and oxygen atoms in total. The highest BCUT2D eigenvalue weighted by atomic mass is 79.9. The van der Waals surface area contributed by atoms with Gasteiger partial charge in [-0.15, -0.1) is 10.2 Å². The number of aromatic nitrogens is 3. The van der Waals surface area contributed by atoms with Crippen molar-refractivity contribution in [1.82, 2.24) is 14.8 Å². The van der Waals surface area contributed by atoms with E-state index in [1.807, 2.05) is 19.1 Å². The second kappa shape index (κ2) is 9.36. The van der Waals surface area contributed by atoms with Gasteiger partial charge in [0.05, 0.1) is 6.61 Å². The van der Waals surface area contributed by atoms with Crippen LogP contribution in [0.1, 0.15) is 23.6 Å². The molecular weight excluding hydrogens is 463 g/mol. The number of hydrogen-bond acceptors (Lipinski definition) is 6. The minimum absolute atomic E-state index is 0.323. The van der Waals surface area contributed by atoms with Gasteiger partial charge in [-0.3, -0.25) is 14.7 Å². The van der Waals surface area contributed by atoms with Crippen molar-refractivity contribution < 1.29 is 14.1 Å². The van der Waals surface area contributed by atoms with Crippen LogP contribution in [-0.4, -0.2) is 32.8 Å². The van der Waals surface area contributed by atoms with Crippen molar-refractivity contribution in [1.29, 1.82) is 0 Å². The van der Waals surface area contributed by atoms with Crippen LogP contribution >= 0.6 is 27.7 Å². The van der Waals surface area contributed by atoms with Gasteiger partial charge in [-0.05, 0) is 56.3 Å². The van der Waals surface area contributed by atoms with Crippen molar-refractivity contribution in [3.8, 4) is 11.4 Å². The van der Waals surface area contributed by atoms with Crippen LogP contribution in [0.2, 0.25) is 0 Å². The molecule has 2 aromatic carbocycles. The fraction of sp³-hybridized carbons (Fsp3) is 0.263. The number of nitro groups is 1. The third kappa shape index (κ3) is 5.13. The molecule has 0 amide bonds. The Morgan fingerprint density at radius 2 is 2.00 bits per heavy atom. The molecule has 10 heteroatoms. The molecule has 0 unspecified atom stereocenters. The van der Waals surface area contributed by atoms with Crippen LogP contribution in [-0.2, 0) is 0 Å². The van der Waals surface area contributed by atoms with Crippen molar-refractivity contribution in [2.45, 2.75) is 24.3 Å². The van der Waals surface area contributed by atoms with Crippen molar-refractivity contribution in [3.63, 3.8) is 0 Å². The highest BCUT2D eigenvalue weighted by molar-refractivity contribution is 9.10. The molecule has 0 aliphatic carbocycles. The topological polar surface area (TPSA) is 83.1 Å². The van der Waals surface area contributed by atoms with E-state index in [2.05, 4.69) is 26.1 Å². The van der Waals surface area contributed by atoms with Gasteiger partial charge in [0.1, 0.15) is 22.6 Å². The first-order valence-corrected chi connectivity index (χ1v) is 10.4. The minimum Gasteiger partial charge on any atom is -0.494 e. The maximum atomic E-state index is 13.3. The maximum Gasteiger partial charge on any atom is 0.220 e. The Labute approximate surface area is 179 Å². The molecular formula is C19H18BrFN4O3S. The number of hydrogen-bond donors (Lipinski definition) is 0. The van der Waals surface area contributed by atoms with Gasteiger partial charge >= 0.3 is 0 Å². The minimum atomic E-state index is -0.563. The predicted octanol–water partition coefficient (Wildman–Crippen LogP) is 4.99. The molecule has 1 atom stereocenters. The van der Waals surface area contributed by atoms with Gasteiger partial charge in [0, 0.05) is 20.6 Å². The SMILES string of the molecule is CCOc1ccc(Br)cc1[C@H](C[N+](=O)[O-])Sc1nnc(C)n1-c1ccc(F)cc1. The number of aryl methyl sites for hydroxylation is 1. The van der Waals surface area contributed by atoms with Crippen LogP contribution in [0, 0.1) is 22.9 Å². The molecule has 3 rings (SSSR count). The average Bonchev–Trinajstić information content (AvgIpc) is 3.03. The lowest BCUT2D eigenvalue weighted by molar-refractivity contribution is -0.479. The zero-order valence-corrected chi connectivity index (χ0v) is 18.1. The first kappa shape index (κ1) is 21.3. The first-order chi connectivity index (χ1) is 13.9. The van der Waals surface area contributed by atoms with E-state index in [0.717, 1.165) is 4.47 Å². The summed E-state index contributed by atoms with van der Waals surface area (Å²) in [5.41, 5.74) is 1.37. The van der Waals surface area contributed by atoms with Crippen LogP contribution in [0.15, 0.2) is 52.1 Å². The van der Waals surface area contributed by atoms with E-state index in [0.29, 0.717) is 34.6 Å². The van der Waals surface area contributed by atoms with E-state index < -0.39 is 5.25 Å². The third-order valence-electron chi connectivity index (χ3n) is 4.06. The number of benzene rings is 2. The molecule has 29 heavy (non-hydrogen) atoms. The number of rotatable bonds is 8. The third-order valence-corrected chi connectivity index (χ3v) is 5.72. The van der Waals surface area contributed by atoms with Gasteiger partial charge in [0.15, 0.2) is 5.16 Å². The molecule has 0 saturated heterocycles. The van der Waals surface area contributed by atoms with Crippen LogP contribution in [0.4, 0.5) is 4.39 Å². The van der Waals surface area contributed by atoms with Gasteiger partial charge in [-0.2, -0.15) is 0 Å². The lowest BCUT2D eigenvalue weighted by Crippen LogP contribution is -2.12.